The van der Waals surface area contributed by atoms with Crippen molar-refractivity contribution in [2.75, 3.05) is 24.3 Å². The molecule has 0 spiro atoms. The number of halogens is 2. The standard InChI is InChI=1S/C16H24F2N4O2/c1-9(14(23)21-16(2,3)4)19-15(24)20-10-7-11(17)13(22(5)6)12(18)8-10/h7-9H,1-6H3,(H,21,23)(H2,19,20,24)/t9-/m0/s1. The summed E-state index contributed by atoms with van der Waals surface area (Å²) in [6.07, 6.45) is 0. The van der Waals surface area contributed by atoms with Crippen molar-refractivity contribution in [1.29, 1.82) is 0 Å². The van der Waals surface area contributed by atoms with Crippen molar-refractivity contribution in [3.8, 4) is 0 Å². The summed E-state index contributed by atoms with van der Waals surface area (Å²) in [5.41, 5.74) is -0.673. The fraction of sp³-hybridized carbons (Fsp3) is 0.500. The monoisotopic (exact) mass is 342 g/mol. The van der Waals surface area contributed by atoms with Crippen molar-refractivity contribution in [3.63, 3.8) is 0 Å². The summed E-state index contributed by atoms with van der Waals surface area (Å²) < 4.78 is 27.7. The highest BCUT2D eigenvalue weighted by atomic mass is 19.1. The second-order valence-corrected chi connectivity index (χ2v) is 6.74. The predicted molar refractivity (Wildman–Crippen MR) is 90.2 cm³/mol. The van der Waals surface area contributed by atoms with E-state index in [2.05, 4.69) is 16.0 Å². The zero-order valence-electron chi connectivity index (χ0n) is 14.8. The van der Waals surface area contributed by atoms with E-state index in [4.69, 9.17) is 0 Å². The SMILES string of the molecule is C[C@H](NC(=O)Nc1cc(F)c(N(C)C)c(F)c1)C(=O)NC(C)(C)C. The van der Waals surface area contributed by atoms with Gasteiger partial charge in [0.1, 0.15) is 11.7 Å². The molecule has 134 valence electrons. The van der Waals surface area contributed by atoms with Gasteiger partial charge < -0.3 is 20.9 Å². The van der Waals surface area contributed by atoms with Crippen LogP contribution < -0.4 is 20.9 Å². The van der Waals surface area contributed by atoms with Crippen LogP contribution in [0, 0.1) is 11.6 Å². The quantitative estimate of drug-likeness (QED) is 0.787. The molecule has 0 unspecified atom stereocenters. The highest BCUT2D eigenvalue weighted by Crippen LogP contribution is 2.25. The van der Waals surface area contributed by atoms with Crippen LogP contribution in [0.25, 0.3) is 0 Å². The van der Waals surface area contributed by atoms with Gasteiger partial charge in [-0.3, -0.25) is 4.79 Å². The van der Waals surface area contributed by atoms with Crippen LogP contribution in [0.15, 0.2) is 12.1 Å². The lowest BCUT2D eigenvalue weighted by Gasteiger charge is -2.23. The van der Waals surface area contributed by atoms with Crippen molar-refractivity contribution in [3.05, 3.63) is 23.8 Å². The summed E-state index contributed by atoms with van der Waals surface area (Å²) in [6, 6.07) is 0.485. The Kier molecular flexibility index (Phi) is 6.11. The third-order valence-corrected chi connectivity index (χ3v) is 2.96. The van der Waals surface area contributed by atoms with E-state index in [0.717, 1.165) is 12.1 Å². The summed E-state index contributed by atoms with van der Waals surface area (Å²) in [5, 5.41) is 7.44. The molecule has 0 bridgehead atoms. The topological polar surface area (TPSA) is 73.5 Å². The van der Waals surface area contributed by atoms with Gasteiger partial charge in [0.05, 0.1) is 0 Å². The van der Waals surface area contributed by atoms with Gasteiger partial charge >= 0.3 is 6.03 Å². The number of hydrogen-bond donors (Lipinski definition) is 3. The van der Waals surface area contributed by atoms with Crippen molar-refractivity contribution in [1.82, 2.24) is 10.6 Å². The van der Waals surface area contributed by atoms with Crippen molar-refractivity contribution in [2.45, 2.75) is 39.3 Å². The normalized spacial score (nSPS) is 12.3. The number of nitrogens with one attached hydrogen (secondary N) is 3. The summed E-state index contributed by atoms with van der Waals surface area (Å²) in [7, 11) is 3.02. The fourth-order valence-electron chi connectivity index (χ4n) is 1.97. The molecule has 0 radical (unpaired) electrons. The van der Waals surface area contributed by atoms with Crippen LogP contribution >= 0.6 is 0 Å². The number of anilines is 2. The van der Waals surface area contributed by atoms with E-state index in [9.17, 15) is 18.4 Å². The van der Waals surface area contributed by atoms with E-state index >= 15 is 0 Å². The van der Waals surface area contributed by atoms with E-state index in [1.54, 1.807) is 0 Å². The molecule has 0 aliphatic carbocycles. The van der Waals surface area contributed by atoms with Gasteiger partial charge in [-0.25, -0.2) is 13.6 Å². The van der Waals surface area contributed by atoms with Crippen molar-refractivity contribution < 1.29 is 18.4 Å². The zero-order valence-corrected chi connectivity index (χ0v) is 14.8. The van der Waals surface area contributed by atoms with Gasteiger partial charge in [-0.15, -0.1) is 0 Å². The molecule has 0 saturated carbocycles. The fourth-order valence-corrected chi connectivity index (χ4v) is 1.97. The first-order chi connectivity index (χ1) is 10.9. The lowest BCUT2D eigenvalue weighted by Crippen LogP contribution is -2.51. The van der Waals surface area contributed by atoms with Gasteiger partial charge in [0.25, 0.3) is 0 Å². The average Bonchev–Trinajstić information content (AvgIpc) is 2.34. The molecule has 0 saturated heterocycles. The van der Waals surface area contributed by atoms with Gasteiger partial charge in [0, 0.05) is 25.3 Å². The summed E-state index contributed by atoms with van der Waals surface area (Å²) in [5.74, 6) is -1.96. The van der Waals surface area contributed by atoms with Crippen LogP contribution in [0.4, 0.5) is 25.0 Å². The number of rotatable bonds is 4. The third-order valence-electron chi connectivity index (χ3n) is 2.96. The second kappa shape index (κ2) is 7.46. The Morgan fingerprint density at radius 1 is 1.12 bits per heavy atom. The highest BCUT2D eigenvalue weighted by Gasteiger charge is 2.21. The first-order valence-electron chi connectivity index (χ1n) is 7.46. The molecule has 3 N–H and O–H groups in total. The van der Waals surface area contributed by atoms with Gasteiger partial charge in [-0.05, 0) is 39.8 Å². The molecule has 1 rings (SSSR count). The Morgan fingerprint density at radius 2 is 1.62 bits per heavy atom. The smallest absolute Gasteiger partial charge is 0.319 e. The molecule has 1 aromatic rings. The minimum atomic E-state index is -0.806. The van der Waals surface area contributed by atoms with Crippen LogP contribution in [0.1, 0.15) is 27.7 Å². The molecule has 24 heavy (non-hydrogen) atoms. The predicted octanol–water partition coefficient (Wildman–Crippen LogP) is 2.46. The van der Waals surface area contributed by atoms with E-state index < -0.39 is 29.2 Å². The summed E-state index contributed by atoms with van der Waals surface area (Å²) >= 11 is 0. The zero-order chi connectivity index (χ0) is 18.7. The Labute approximate surface area is 140 Å². The maximum atomic E-state index is 13.9. The molecule has 6 nitrogen and oxygen atoms in total. The Bertz CT molecular complexity index is 604. The summed E-state index contributed by atoms with van der Waals surface area (Å²) in [4.78, 5) is 25.1. The first kappa shape index (κ1) is 19.7. The van der Waals surface area contributed by atoms with Gasteiger partial charge in [-0.2, -0.15) is 0 Å². The largest absolute Gasteiger partial charge is 0.373 e. The van der Waals surface area contributed by atoms with Crippen LogP contribution in [-0.2, 0) is 4.79 Å². The lowest BCUT2D eigenvalue weighted by atomic mass is 10.1. The van der Waals surface area contributed by atoms with Crippen molar-refractivity contribution >= 4 is 23.3 Å². The van der Waals surface area contributed by atoms with Gasteiger partial charge in [0.2, 0.25) is 5.91 Å². The van der Waals surface area contributed by atoms with Crippen molar-refractivity contribution in [2.24, 2.45) is 0 Å². The molecule has 8 heteroatoms. The minimum Gasteiger partial charge on any atom is -0.373 e. The molecule has 1 aromatic carbocycles. The molecule has 1 atom stereocenters. The highest BCUT2D eigenvalue weighted by molar-refractivity contribution is 5.93. The average molecular weight is 342 g/mol. The molecule has 0 aliphatic rings. The van der Waals surface area contributed by atoms with E-state index in [1.807, 2.05) is 20.8 Å². The number of carbonyl (C=O) groups is 2. The minimum absolute atomic E-state index is 0.0449. The van der Waals surface area contributed by atoms with Gasteiger partial charge in [-0.1, -0.05) is 0 Å². The number of carbonyl (C=O) groups excluding carboxylic acids is 2. The maximum absolute atomic E-state index is 13.9. The van der Waals surface area contributed by atoms with E-state index in [-0.39, 0.29) is 17.3 Å². The van der Waals surface area contributed by atoms with Crippen LogP contribution in [0.2, 0.25) is 0 Å². The van der Waals surface area contributed by atoms with Crippen LogP contribution in [0.3, 0.4) is 0 Å². The Balaban J connectivity index is 2.74. The molecule has 3 amide bonds. The molecule has 0 aliphatic heterocycles. The van der Waals surface area contributed by atoms with E-state index in [1.165, 1.54) is 25.9 Å². The van der Waals surface area contributed by atoms with Crippen LogP contribution in [-0.4, -0.2) is 37.6 Å². The molecule has 0 aromatic heterocycles. The third kappa shape index (κ3) is 5.68. The number of hydrogen-bond acceptors (Lipinski definition) is 3. The first-order valence-corrected chi connectivity index (χ1v) is 7.46. The Morgan fingerprint density at radius 3 is 2.04 bits per heavy atom. The maximum Gasteiger partial charge on any atom is 0.319 e. The summed E-state index contributed by atoms with van der Waals surface area (Å²) in [6.45, 7) is 6.96. The van der Waals surface area contributed by atoms with Gasteiger partial charge in [0.15, 0.2) is 11.6 Å². The second-order valence-electron chi connectivity index (χ2n) is 6.74. The Hall–Kier alpha value is -2.38. The molecular weight excluding hydrogens is 318 g/mol. The number of amides is 3. The van der Waals surface area contributed by atoms with E-state index in [0.29, 0.717) is 0 Å². The molecular formula is C16H24F2N4O2. The molecule has 0 heterocycles. The lowest BCUT2D eigenvalue weighted by molar-refractivity contribution is -0.123. The number of urea groups is 1. The number of nitrogens with zero attached hydrogens (tertiary/aromatic N) is 1. The number of benzene rings is 1. The molecule has 0 fully saturated rings. The van der Waals surface area contributed by atoms with Crippen LogP contribution in [0.5, 0.6) is 0 Å².